The van der Waals surface area contributed by atoms with Crippen molar-refractivity contribution in [1.82, 2.24) is 24.4 Å². The van der Waals surface area contributed by atoms with Crippen LogP contribution in [-0.4, -0.2) is 67.2 Å². The van der Waals surface area contributed by atoms with Crippen molar-refractivity contribution < 1.29 is 14.3 Å². The summed E-state index contributed by atoms with van der Waals surface area (Å²) in [5, 5.41) is 20.0. The molecule has 0 aliphatic carbocycles. The van der Waals surface area contributed by atoms with Gasteiger partial charge in [-0.25, -0.2) is 0 Å². The SMILES string of the molecule is CCN(Cc1nnc(C)o1)[C@@H]1CN(C(=O)c2csnc2C)C[C@H]1O. The number of carbonyl (C=O) groups excluding carboxylic acids is 1. The molecule has 0 spiro atoms. The maximum Gasteiger partial charge on any atom is 0.256 e. The average Bonchev–Trinajstić information content (AvgIpc) is 3.25. The monoisotopic (exact) mass is 351 g/mol. The predicted molar refractivity (Wildman–Crippen MR) is 87.7 cm³/mol. The smallest absolute Gasteiger partial charge is 0.256 e. The summed E-state index contributed by atoms with van der Waals surface area (Å²) < 4.78 is 9.58. The number of hydrogen-bond acceptors (Lipinski definition) is 8. The second kappa shape index (κ2) is 6.96. The molecule has 0 unspecified atom stereocenters. The van der Waals surface area contributed by atoms with Crippen LogP contribution in [0.1, 0.15) is 34.8 Å². The fourth-order valence-corrected chi connectivity index (χ4v) is 3.69. The van der Waals surface area contributed by atoms with Crippen LogP contribution in [-0.2, 0) is 6.54 Å². The molecule has 130 valence electrons. The predicted octanol–water partition coefficient (Wildman–Crippen LogP) is 0.850. The number of likely N-dealkylation sites (tertiary alicyclic amines) is 1. The molecule has 0 aromatic carbocycles. The topological polar surface area (TPSA) is 95.6 Å². The standard InChI is InChI=1S/C15H21N5O3S/c1-4-19(7-14-17-16-10(3)23-14)12-5-20(6-13(12)21)15(22)11-8-24-18-9(11)2/h8,12-13,21H,4-7H2,1-3H3/t12-,13-/m1/s1. The fourth-order valence-electron chi connectivity index (χ4n) is 3.00. The lowest BCUT2D eigenvalue weighted by Crippen LogP contribution is -2.43. The Bertz CT molecular complexity index is 716. The highest BCUT2D eigenvalue weighted by Crippen LogP contribution is 2.22. The number of hydrogen-bond donors (Lipinski definition) is 1. The number of carbonyl (C=O) groups is 1. The lowest BCUT2D eigenvalue weighted by molar-refractivity contribution is 0.0743. The molecule has 0 saturated carbocycles. The van der Waals surface area contributed by atoms with Crippen molar-refractivity contribution in [2.45, 2.75) is 39.5 Å². The number of nitrogens with zero attached hydrogens (tertiary/aromatic N) is 5. The van der Waals surface area contributed by atoms with Crippen molar-refractivity contribution in [1.29, 1.82) is 0 Å². The average molecular weight is 351 g/mol. The molecule has 9 heteroatoms. The van der Waals surface area contributed by atoms with E-state index < -0.39 is 6.10 Å². The number of aliphatic hydroxyl groups is 1. The number of aryl methyl sites for hydroxylation is 2. The number of likely N-dealkylation sites (N-methyl/N-ethyl adjacent to an activating group) is 1. The van der Waals surface area contributed by atoms with Gasteiger partial charge in [0.1, 0.15) is 0 Å². The summed E-state index contributed by atoms with van der Waals surface area (Å²) in [5.74, 6) is 0.960. The molecule has 3 rings (SSSR count). The van der Waals surface area contributed by atoms with Crippen LogP contribution >= 0.6 is 11.5 Å². The highest BCUT2D eigenvalue weighted by Gasteiger charge is 2.38. The number of rotatable bonds is 5. The zero-order chi connectivity index (χ0) is 17.3. The van der Waals surface area contributed by atoms with Gasteiger partial charge in [-0.2, -0.15) is 4.37 Å². The molecule has 1 fully saturated rings. The zero-order valence-corrected chi connectivity index (χ0v) is 14.8. The van der Waals surface area contributed by atoms with Crippen LogP contribution in [0.15, 0.2) is 9.80 Å². The van der Waals surface area contributed by atoms with Crippen molar-refractivity contribution in [2.75, 3.05) is 19.6 Å². The van der Waals surface area contributed by atoms with Gasteiger partial charge in [-0.05, 0) is 25.0 Å². The Hall–Kier alpha value is -1.84. The van der Waals surface area contributed by atoms with Crippen LogP contribution in [0, 0.1) is 13.8 Å². The first-order chi connectivity index (χ1) is 11.5. The van der Waals surface area contributed by atoms with Crippen LogP contribution in [0.2, 0.25) is 0 Å². The van der Waals surface area contributed by atoms with E-state index in [9.17, 15) is 9.90 Å². The first-order valence-electron chi connectivity index (χ1n) is 7.91. The van der Waals surface area contributed by atoms with Gasteiger partial charge in [-0.15, -0.1) is 10.2 Å². The molecule has 2 atom stereocenters. The second-order valence-corrected chi connectivity index (χ2v) is 6.57. The molecule has 0 radical (unpaired) electrons. The van der Waals surface area contributed by atoms with Crippen molar-refractivity contribution in [2.24, 2.45) is 0 Å². The first kappa shape index (κ1) is 17.0. The highest BCUT2D eigenvalue weighted by molar-refractivity contribution is 7.03. The Kier molecular flexibility index (Phi) is 4.93. The molecule has 1 aliphatic rings. The van der Waals surface area contributed by atoms with Gasteiger partial charge in [0, 0.05) is 25.4 Å². The molecule has 1 aliphatic heterocycles. The minimum absolute atomic E-state index is 0.0764. The van der Waals surface area contributed by atoms with Gasteiger partial charge in [-0.3, -0.25) is 9.69 Å². The number of aromatic nitrogens is 3. The van der Waals surface area contributed by atoms with E-state index in [0.717, 1.165) is 5.69 Å². The minimum atomic E-state index is -0.607. The third-order valence-corrected chi connectivity index (χ3v) is 5.03. The molecule has 1 N–H and O–H groups in total. The van der Waals surface area contributed by atoms with Gasteiger partial charge in [0.2, 0.25) is 11.8 Å². The van der Waals surface area contributed by atoms with Gasteiger partial charge in [0.15, 0.2) is 0 Å². The van der Waals surface area contributed by atoms with Crippen molar-refractivity contribution in [3.63, 3.8) is 0 Å². The van der Waals surface area contributed by atoms with Crippen molar-refractivity contribution >= 4 is 17.4 Å². The van der Waals surface area contributed by atoms with Gasteiger partial charge in [-0.1, -0.05) is 6.92 Å². The third kappa shape index (κ3) is 3.33. The molecule has 1 saturated heterocycles. The largest absolute Gasteiger partial charge is 0.424 e. The minimum Gasteiger partial charge on any atom is -0.424 e. The van der Waals surface area contributed by atoms with E-state index in [-0.39, 0.29) is 11.9 Å². The molecule has 8 nitrogen and oxygen atoms in total. The van der Waals surface area contributed by atoms with E-state index >= 15 is 0 Å². The van der Waals surface area contributed by atoms with Crippen LogP contribution in [0.3, 0.4) is 0 Å². The maximum atomic E-state index is 12.6. The molecular formula is C15H21N5O3S. The van der Waals surface area contributed by atoms with Crippen LogP contribution in [0.5, 0.6) is 0 Å². The van der Waals surface area contributed by atoms with E-state index in [0.29, 0.717) is 43.5 Å². The van der Waals surface area contributed by atoms with Crippen LogP contribution in [0.4, 0.5) is 0 Å². The number of amides is 1. The normalized spacial score (nSPS) is 21.0. The third-order valence-electron chi connectivity index (χ3n) is 4.31. The van der Waals surface area contributed by atoms with E-state index in [1.54, 1.807) is 17.2 Å². The van der Waals surface area contributed by atoms with Crippen LogP contribution < -0.4 is 0 Å². The summed E-state index contributed by atoms with van der Waals surface area (Å²) >= 11 is 1.27. The van der Waals surface area contributed by atoms with E-state index in [1.807, 2.05) is 13.8 Å². The Morgan fingerprint density at radius 2 is 2.25 bits per heavy atom. The summed E-state index contributed by atoms with van der Waals surface area (Å²) in [6.45, 7) is 7.53. The Balaban J connectivity index is 1.70. The maximum absolute atomic E-state index is 12.6. The van der Waals surface area contributed by atoms with Gasteiger partial charge in [0.25, 0.3) is 5.91 Å². The zero-order valence-electron chi connectivity index (χ0n) is 14.0. The van der Waals surface area contributed by atoms with Crippen molar-refractivity contribution in [3.05, 3.63) is 28.4 Å². The molecular weight excluding hydrogens is 330 g/mol. The molecule has 3 heterocycles. The summed E-state index contributed by atoms with van der Waals surface area (Å²) in [5.41, 5.74) is 1.35. The van der Waals surface area contributed by atoms with Gasteiger partial charge >= 0.3 is 0 Å². The first-order valence-corrected chi connectivity index (χ1v) is 8.74. The second-order valence-electron chi connectivity index (χ2n) is 5.94. The van der Waals surface area contributed by atoms with Crippen LogP contribution in [0.25, 0.3) is 0 Å². The molecule has 2 aromatic rings. The highest BCUT2D eigenvalue weighted by atomic mass is 32.1. The number of β-amino-alcohol motifs (C(OH)–C–C–N with tert-alkyl or cyclic N) is 1. The molecule has 0 bridgehead atoms. The van der Waals surface area contributed by atoms with E-state index in [1.165, 1.54) is 11.5 Å². The van der Waals surface area contributed by atoms with Gasteiger partial charge in [0.05, 0.1) is 29.9 Å². The summed E-state index contributed by atoms with van der Waals surface area (Å²) in [7, 11) is 0. The molecule has 1 amide bonds. The lowest BCUT2D eigenvalue weighted by atomic mass is 10.2. The van der Waals surface area contributed by atoms with Crippen molar-refractivity contribution in [3.8, 4) is 0 Å². The molecule has 24 heavy (non-hydrogen) atoms. The molecule has 2 aromatic heterocycles. The number of aliphatic hydroxyl groups excluding tert-OH is 1. The summed E-state index contributed by atoms with van der Waals surface area (Å²) in [4.78, 5) is 16.4. The van der Waals surface area contributed by atoms with E-state index in [2.05, 4.69) is 19.5 Å². The fraction of sp³-hybridized carbons (Fsp3) is 0.600. The Morgan fingerprint density at radius 3 is 2.83 bits per heavy atom. The Labute approximate surface area is 144 Å². The summed E-state index contributed by atoms with van der Waals surface area (Å²) in [6.07, 6.45) is -0.607. The van der Waals surface area contributed by atoms with E-state index in [4.69, 9.17) is 4.42 Å². The van der Waals surface area contributed by atoms with Gasteiger partial charge < -0.3 is 14.4 Å². The summed E-state index contributed by atoms with van der Waals surface area (Å²) in [6, 6.07) is -0.155. The quantitative estimate of drug-likeness (QED) is 0.853. The lowest BCUT2D eigenvalue weighted by Gasteiger charge is -2.27. The Morgan fingerprint density at radius 1 is 1.46 bits per heavy atom.